The number of carbonyl (C=O) groups is 1. The minimum absolute atomic E-state index is 0.0959. The second kappa shape index (κ2) is 4.00. The number of Topliss-reactive ketones (excluding diaryl/α,β-unsaturated/α-hetero) is 1. The van der Waals surface area contributed by atoms with Gasteiger partial charge in [0.25, 0.3) is 0 Å². The van der Waals surface area contributed by atoms with Crippen molar-refractivity contribution in [2.45, 2.75) is 19.4 Å². The van der Waals surface area contributed by atoms with Crippen LogP contribution in [-0.2, 0) is 6.42 Å². The highest BCUT2D eigenvalue weighted by atomic mass is 32.1. The lowest BCUT2D eigenvalue weighted by Gasteiger charge is -2.08. The molecule has 1 aromatic heterocycles. The summed E-state index contributed by atoms with van der Waals surface area (Å²) in [6, 6.07) is 9.99. The van der Waals surface area contributed by atoms with E-state index in [0.717, 1.165) is 17.7 Å². The highest BCUT2D eigenvalue weighted by molar-refractivity contribution is 7.10. The van der Waals surface area contributed by atoms with Crippen molar-refractivity contribution in [3.8, 4) is 0 Å². The van der Waals surface area contributed by atoms with Gasteiger partial charge < -0.3 is 5.32 Å². The van der Waals surface area contributed by atoms with Gasteiger partial charge in [-0.15, -0.1) is 11.3 Å². The molecule has 3 heteroatoms. The Hall–Kier alpha value is -1.61. The van der Waals surface area contributed by atoms with Gasteiger partial charge in [-0.25, -0.2) is 0 Å². The molecule has 1 aliphatic heterocycles. The van der Waals surface area contributed by atoms with E-state index in [4.69, 9.17) is 0 Å². The van der Waals surface area contributed by atoms with Gasteiger partial charge in [-0.3, -0.25) is 4.79 Å². The number of para-hydroxylation sites is 1. The van der Waals surface area contributed by atoms with Crippen LogP contribution in [0.5, 0.6) is 0 Å². The van der Waals surface area contributed by atoms with Crippen LogP contribution in [0.2, 0.25) is 0 Å². The summed E-state index contributed by atoms with van der Waals surface area (Å²) in [6.45, 7) is 2.03. The van der Waals surface area contributed by atoms with Gasteiger partial charge >= 0.3 is 0 Å². The van der Waals surface area contributed by atoms with E-state index in [1.54, 1.807) is 11.3 Å². The third kappa shape index (κ3) is 1.87. The molecule has 86 valence electrons. The molecule has 1 aliphatic rings. The predicted octanol–water partition coefficient (Wildman–Crippen LogP) is 3.28. The van der Waals surface area contributed by atoms with Crippen molar-refractivity contribution in [2.75, 3.05) is 5.32 Å². The highest BCUT2D eigenvalue weighted by Gasteiger charge is 2.27. The number of aryl methyl sites for hydroxylation is 1. The number of nitrogens with one attached hydrogen (secondary N) is 1. The van der Waals surface area contributed by atoms with Gasteiger partial charge in [0.2, 0.25) is 0 Å². The molecular formula is C14H13NOS. The summed E-state index contributed by atoms with van der Waals surface area (Å²) in [4.78, 5) is 13.5. The third-order valence-corrected chi connectivity index (χ3v) is 3.96. The number of fused-ring (bicyclic) bond motifs is 1. The van der Waals surface area contributed by atoms with E-state index >= 15 is 0 Å². The van der Waals surface area contributed by atoms with Gasteiger partial charge in [0.15, 0.2) is 5.78 Å². The second-order valence-corrected chi connectivity index (χ2v) is 5.48. The zero-order valence-corrected chi connectivity index (χ0v) is 10.4. The Labute approximate surface area is 104 Å². The van der Waals surface area contributed by atoms with Crippen LogP contribution in [0, 0.1) is 6.92 Å². The van der Waals surface area contributed by atoms with Crippen molar-refractivity contribution in [1.82, 2.24) is 0 Å². The summed E-state index contributed by atoms with van der Waals surface area (Å²) < 4.78 is 0. The van der Waals surface area contributed by atoms with Crippen molar-refractivity contribution < 1.29 is 4.79 Å². The smallest absolute Gasteiger partial charge is 0.186 e. The fraction of sp³-hybridized carbons (Fsp3) is 0.214. The summed E-state index contributed by atoms with van der Waals surface area (Å²) in [5.74, 6) is 0.200. The van der Waals surface area contributed by atoms with Gasteiger partial charge in [0.1, 0.15) is 0 Å². The maximum Gasteiger partial charge on any atom is 0.186 e. The molecule has 0 saturated carbocycles. The van der Waals surface area contributed by atoms with Crippen LogP contribution in [-0.4, -0.2) is 11.8 Å². The molecule has 1 atom stereocenters. The summed E-state index contributed by atoms with van der Waals surface area (Å²) in [5, 5.41) is 5.24. The number of benzene rings is 1. The van der Waals surface area contributed by atoms with Crippen LogP contribution < -0.4 is 5.32 Å². The lowest BCUT2D eigenvalue weighted by molar-refractivity contribution is 0.0972. The minimum Gasteiger partial charge on any atom is -0.374 e. The molecule has 0 aliphatic carbocycles. The molecule has 0 radical (unpaired) electrons. The summed E-state index contributed by atoms with van der Waals surface area (Å²) >= 11 is 1.63. The molecule has 0 bridgehead atoms. The summed E-state index contributed by atoms with van der Waals surface area (Å²) in [7, 11) is 0. The first kappa shape index (κ1) is 10.5. The Kier molecular flexibility index (Phi) is 2.48. The standard InChI is InChI=1S/C14H13NOS/c1-9-6-11(8-17-9)14(16)13-7-10-4-2-3-5-12(10)15-13/h2-6,8,13,15H,7H2,1H3. The minimum atomic E-state index is -0.0959. The SMILES string of the molecule is Cc1cc(C(=O)C2Cc3ccccc3N2)cs1. The van der Waals surface area contributed by atoms with E-state index in [1.807, 2.05) is 36.6 Å². The van der Waals surface area contributed by atoms with Gasteiger partial charge in [-0.1, -0.05) is 18.2 Å². The Morgan fingerprint density at radius 3 is 2.94 bits per heavy atom. The van der Waals surface area contributed by atoms with E-state index in [1.165, 1.54) is 10.4 Å². The van der Waals surface area contributed by atoms with Crippen molar-refractivity contribution >= 4 is 22.8 Å². The van der Waals surface area contributed by atoms with Gasteiger partial charge in [0, 0.05) is 27.9 Å². The van der Waals surface area contributed by atoms with Gasteiger partial charge in [-0.2, -0.15) is 0 Å². The number of ketones is 1. The van der Waals surface area contributed by atoms with E-state index in [-0.39, 0.29) is 11.8 Å². The number of thiophene rings is 1. The van der Waals surface area contributed by atoms with Crippen LogP contribution in [0.1, 0.15) is 20.8 Å². The highest BCUT2D eigenvalue weighted by Crippen LogP contribution is 2.27. The lowest BCUT2D eigenvalue weighted by atomic mass is 10.0. The monoisotopic (exact) mass is 243 g/mol. The first-order chi connectivity index (χ1) is 8.24. The number of hydrogen-bond acceptors (Lipinski definition) is 3. The Balaban J connectivity index is 1.83. The van der Waals surface area contributed by atoms with E-state index in [2.05, 4.69) is 11.4 Å². The molecule has 1 aromatic carbocycles. The molecule has 0 spiro atoms. The first-order valence-electron chi connectivity index (χ1n) is 5.68. The molecule has 3 rings (SSSR count). The molecule has 2 aromatic rings. The topological polar surface area (TPSA) is 29.1 Å². The van der Waals surface area contributed by atoms with E-state index in [9.17, 15) is 4.79 Å². The molecule has 2 nitrogen and oxygen atoms in total. The fourth-order valence-corrected chi connectivity index (χ4v) is 2.92. The largest absolute Gasteiger partial charge is 0.374 e. The van der Waals surface area contributed by atoms with Crippen molar-refractivity contribution in [3.63, 3.8) is 0 Å². The number of rotatable bonds is 2. The zero-order valence-electron chi connectivity index (χ0n) is 9.57. The normalized spacial score (nSPS) is 17.6. The zero-order chi connectivity index (χ0) is 11.8. The predicted molar refractivity (Wildman–Crippen MR) is 70.9 cm³/mol. The third-order valence-electron chi connectivity index (χ3n) is 3.10. The Bertz CT molecular complexity index is 548. The van der Waals surface area contributed by atoms with Gasteiger partial charge in [0.05, 0.1) is 6.04 Å². The first-order valence-corrected chi connectivity index (χ1v) is 6.56. The summed E-state index contributed by atoms with van der Waals surface area (Å²) in [6.07, 6.45) is 0.796. The number of carbonyl (C=O) groups excluding carboxylic acids is 1. The van der Waals surface area contributed by atoms with Crippen LogP contribution >= 0.6 is 11.3 Å². The van der Waals surface area contributed by atoms with Crippen LogP contribution in [0.15, 0.2) is 35.7 Å². The number of hydrogen-bond donors (Lipinski definition) is 1. The maximum absolute atomic E-state index is 12.3. The van der Waals surface area contributed by atoms with Crippen LogP contribution in [0.25, 0.3) is 0 Å². The molecule has 0 amide bonds. The summed E-state index contributed by atoms with van der Waals surface area (Å²) in [5.41, 5.74) is 3.16. The molecule has 1 unspecified atom stereocenters. The van der Waals surface area contributed by atoms with Crippen molar-refractivity contribution in [2.24, 2.45) is 0 Å². The maximum atomic E-state index is 12.3. The number of anilines is 1. The average molecular weight is 243 g/mol. The molecule has 17 heavy (non-hydrogen) atoms. The molecule has 0 fully saturated rings. The molecule has 2 heterocycles. The fourth-order valence-electron chi connectivity index (χ4n) is 2.23. The van der Waals surface area contributed by atoms with E-state index < -0.39 is 0 Å². The molecule has 0 saturated heterocycles. The van der Waals surface area contributed by atoms with Crippen molar-refractivity contribution in [3.05, 3.63) is 51.7 Å². The Morgan fingerprint density at radius 2 is 2.24 bits per heavy atom. The van der Waals surface area contributed by atoms with Crippen LogP contribution in [0.3, 0.4) is 0 Å². The average Bonchev–Trinajstić information content (AvgIpc) is 2.93. The molecule has 1 N–H and O–H groups in total. The quantitative estimate of drug-likeness (QED) is 0.820. The Morgan fingerprint density at radius 1 is 1.41 bits per heavy atom. The molecular weight excluding hydrogens is 230 g/mol. The second-order valence-electron chi connectivity index (χ2n) is 4.37. The van der Waals surface area contributed by atoms with E-state index in [0.29, 0.717) is 0 Å². The van der Waals surface area contributed by atoms with Gasteiger partial charge in [-0.05, 0) is 24.6 Å². The van der Waals surface area contributed by atoms with Crippen LogP contribution in [0.4, 0.5) is 5.69 Å². The van der Waals surface area contributed by atoms with Crippen molar-refractivity contribution in [1.29, 1.82) is 0 Å². The lowest BCUT2D eigenvalue weighted by Crippen LogP contribution is -2.26.